The van der Waals surface area contributed by atoms with Crippen molar-refractivity contribution in [3.05, 3.63) is 70.4 Å². The van der Waals surface area contributed by atoms with Crippen molar-refractivity contribution in [2.24, 2.45) is 0 Å². The molecule has 0 atom stereocenters. The molecule has 0 bridgehead atoms. The smallest absolute Gasteiger partial charge is 0.256 e. The van der Waals surface area contributed by atoms with Crippen LogP contribution in [0.25, 0.3) is 15.3 Å². The first-order valence-corrected chi connectivity index (χ1v) is 10.0. The number of carbonyl (C=O) groups is 2. The number of hydrogen-bond acceptors (Lipinski definition) is 5. The second-order valence-corrected chi connectivity index (χ2v) is 8.10. The van der Waals surface area contributed by atoms with Gasteiger partial charge in [-0.1, -0.05) is 29.5 Å². The van der Waals surface area contributed by atoms with E-state index in [-0.39, 0.29) is 11.7 Å². The van der Waals surface area contributed by atoms with Crippen LogP contribution in [0, 0.1) is 20.8 Å². The molecule has 0 fully saturated rings. The van der Waals surface area contributed by atoms with Crippen LogP contribution in [0.2, 0.25) is 0 Å². The fourth-order valence-corrected chi connectivity index (χ4v) is 4.34. The van der Waals surface area contributed by atoms with E-state index in [1.807, 2.05) is 19.9 Å². The Morgan fingerprint density at radius 3 is 2.38 bits per heavy atom. The summed E-state index contributed by atoms with van der Waals surface area (Å²) in [4.78, 5) is 28.9. The van der Waals surface area contributed by atoms with Gasteiger partial charge in [0.05, 0.1) is 15.9 Å². The van der Waals surface area contributed by atoms with Crippen LogP contribution in [-0.4, -0.2) is 26.5 Å². The lowest BCUT2D eigenvalue weighted by atomic mass is 10.1. The normalized spacial score (nSPS) is 11.0. The first-order chi connectivity index (χ1) is 13.8. The van der Waals surface area contributed by atoms with E-state index in [1.165, 1.54) is 23.8 Å². The Hall–Kier alpha value is -3.32. The Morgan fingerprint density at radius 2 is 1.69 bits per heavy atom. The van der Waals surface area contributed by atoms with E-state index in [0.29, 0.717) is 22.1 Å². The molecule has 1 amide bonds. The zero-order chi connectivity index (χ0) is 20.7. The molecule has 0 aliphatic heterocycles. The first kappa shape index (κ1) is 19.0. The fourth-order valence-electron chi connectivity index (χ4n) is 3.23. The van der Waals surface area contributed by atoms with E-state index in [4.69, 9.17) is 4.98 Å². The van der Waals surface area contributed by atoms with Gasteiger partial charge in [0.25, 0.3) is 5.91 Å². The molecule has 146 valence electrons. The number of ketones is 1. The summed E-state index contributed by atoms with van der Waals surface area (Å²) in [6.07, 6.45) is 0. The van der Waals surface area contributed by atoms with E-state index in [1.54, 1.807) is 28.9 Å². The molecule has 0 spiro atoms. The zero-order valence-corrected chi connectivity index (χ0v) is 17.4. The highest BCUT2D eigenvalue weighted by Gasteiger charge is 2.16. The van der Waals surface area contributed by atoms with E-state index >= 15 is 0 Å². The van der Waals surface area contributed by atoms with Gasteiger partial charge in [0, 0.05) is 17.2 Å². The van der Waals surface area contributed by atoms with Crippen molar-refractivity contribution in [2.75, 3.05) is 5.32 Å². The van der Waals surface area contributed by atoms with Crippen LogP contribution < -0.4 is 5.32 Å². The van der Waals surface area contributed by atoms with Crippen molar-refractivity contribution in [1.82, 2.24) is 14.8 Å². The van der Waals surface area contributed by atoms with Crippen LogP contribution in [0.15, 0.2) is 42.5 Å². The number of Topliss-reactive ketones (excluding diaryl/α,β-unsaturated/α-hetero) is 1. The van der Waals surface area contributed by atoms with Crippen LogP contribution in [-0.2, 0) is 0 Å². The summed E-state index contributed by atoms with van der Waals surface area (Å²) in [7, 11) is 0. The number of thiazole rings is 1. The van der Waals surface area contributed by atoms with Gasteiger partial charge in [0.2, 0.25) is 5.13 Å². The van der Waals surface area contributed by atoms with E-state index in [0.717, 1.165) is 21.5 Å². The molecule has 0 saturated heterocycles. The lowest BCUT2D eigenvalue weighted by molar-refractivity contribution is 0.100. The molecule has 1 N–H and O–H groups in total. The molecular formula is C22H20N4O2S. The molecule has 0 saturated carbocycles. The Kier molecular flexibility index (Phi) is 4.76. The SMILES string of the molecule is CC(=O)c1ccc(C(=O)Nc2cc(C)nn2-c2nc3c(C)cc(C)cc3s2)cc1. The number of anilines is 1. The quantitative estimate of drug-likeness (QED) is 0.493. The molecule has 0 unspecified atom stereocenters. The number of nitrogens with one attached hydrogen (secondary N) is 1. The summed E-state index contributed by atoms with van der Waals surface area (Å²) in [6, 6.07) is 12.6. The third-order valence-corrected chi connectivity index (χ3v) is 5.60. The number of carbonyl (C=O) groups excluding carboxylic acids is 2. The predicted octanol–water partition coefficient (Wildman–Crippen LogP) is 4.86. The topological polar surface area (TPSA) is 76.9 Å². The third kappa shape index (κ3) is 3.69. The molecule has 4 rings (SSSR count). The van der Waals surface area contributed by atoms with Gasteiger partial charge in [-0.2, -0.15) is 9.78 Å². The number of aryl methyl sites for hydroxylation is 3. The number of hydrogen-bond donors (Lipinski definition) is 1. The summed E-state index contributed by atoms with van der Waals surface area (Å²) in [5.74, 6) is 0.248. The number of nitrogens with zero attached hydrogens (tertiary/aromatic N) is 3. The maximum absolute atomic E-state index is 12.7. The minimum atomic E-state index is -0.269. The van der Waals surface area contributed by atoms with Gasteiger partial charge in [-0.05, 0) is 57.0 Å². The standard InChI is InChI=1S/C22H20N4O2S/c1-12-9-13(2)20-18(10-12)29-22(24-20)26-19(11-14(3)25-26)23-21(28)17-7-5-16(6-8-17)15(4)27/h5-11H,1-4H3,(H,23,28). The summed E-state index contributed by atoms with van der Waals surface area (Å²) in [5.41, 5.74) is 5.06. The van der Waals surface area contributed by atoms with Crippen LogP contribution in [0.4, 0.5) is 5.82 Å². The average Bonchev–Trinajstić information content (AvgIpc) is 3.25. The predicted molar refractivity (Wildman–Crippen MR) is 115 cm³/mol. The third-order valence-electron chi connectivity index (χ3n) is 4.63. The second-order valence-electron chi connectivity index (χ2n) is 7.10. The van der Waals surface area contributed by atoms with Crippen molar-refractivity contribution >= 4 is 39.1 Å². The first-order valence-electron chi connectivity index (χ1n) is 9.19. The van der Waals surface area contributed by atoms with Gasteiger partial charge in [0.15, 0.2) is 5.78 Å². The van der Waals surface area contributed by atoms with E-state index in [9.17, 15) is 9.59 Å². The Bertz CT molecular complexity index is 1250. The summed E-state index contributed by atoms with van der Waals surface area (Å²) >= 11 is 1.53. The maximum Gasteiger partial charge on any atom is 0.256 e. The molecular weight excluding hydrogens is 384 g/mol. The Labute approximate surface area is 172 Å². The van der Waals surface area contributed by atoms with Crippen LogP contribution >= 0.6 is 11.3 Å². The second kappa shape index (κ2) is 7.25. The number of aromatic nitrogens is 3. The molecule has 0 aliphatic rings. The van der Waals surface area contributed by atoms with E-state index < -0.39 is 0 Å². The maximum atomic E-state index is 12.7. The number of rotatable bonds is 4. The van der Waals surface area contributed by atoms with Crippen LogP contribution in [0.1, 0.15) is 44.5 Å². The highest BCUT2D eigenvalue weighted by Crippen LogP contribution is 2.30. The van der Waals surface area contributed by atoms with Crippen LogP contribution in [0.3, 0.4) is 0 Å². The Balaban J connectivity index is 1.67. The highest BCUT2D eigenvalue weighted by atomic mass is 32.1. The van der Waals surface area contributed by atoms with Gasteiger partial charge in [-0.25, -0.2) is 4.98 Å². The van der Waals surface area contributed by atoms with Crippen molar-refractivity contribution in [1.29, 1.82) is 0 Å². The summed E-state index contributed by atoms with van der Waals surface area (Å²) in [6.45, 7) is 7.47. The monoisotopic (exact) mass is 404 g/mol. The summed E-state index contributed by atoms with van der Waals surface area (Å²) < 4.78 is 2.75. The van der Waals surface area contributed by atoms with Crippen molar-refractivity contribution < 1.29 is 9.59 Å². The van der Waals surface area contributed by atoms with Crippen molar-refractivity contribution in [3.63, 3.8) is 0 Å². The minimum absolute atomic E-state index is 0.0352. The number of fused-ring (bicyclic) bond motifs is 1. The summed E-state index contributed by atoms with van der Waals surface area (Å²) in [5, 5.41) is 8.12. The van der Waals surface area contributed by atoms with Crippen molar-refractivity contribution in [2.45, 2.75) is 27.7 Å². The number of amides is 1. The minimum Gasteiger partial charge on any atom is -0.306 e. The molecule has 4 aromatic rings. The Morgan fingerprint density at radius 1 is 1.00 bits per heavy atom. The molecule has 2 aromatic heterocycles. The molecule has 0 aliphatic carbocycles. The fraction of sp³-hybridized carbons (Fsp3) is 0.182. The van der Waals surface area contributed by atoms with Gasteiger partial charge in [0.1, 0.15) is 5.82 Å². The molecule has 2 heterocycles. The lowest BCUT2D eigenvalue weighted by Crippen LogP contribution is -2.15. The number of benzene rings is 2. The highest BCUT2D eigenvalue weighted by molar-refractivity contribution is 7.20. The molecule has 7 heteroatoms. The van der Waals surface area contributed by atoms with Gasteiger partial charge < -0.3 is 5.32 Å². The van der Waals surface area contributed by atoms with Gasteiger partial charge >= 0.3 is 0 Å². The van der Waals surface area contributed by atoms with Gasteiger partial charge in [-0.3, -0.25) is 9.59 Å². The van der Waals surface area contributed by atoms with Gasteiger partial charge in [-0.15, -0.1) is 0 Å². The molecule has 2 aromatic carbocycles. The molecule has 29 heavy (non-hydrogen) atoms. The van der Waals surface area contributed by atoms with Crippen molar-refractivity contribution in [3.8, 4) is 5.13 Å². The molecule has 0 radical (unpaired) electrons. The average molecular weight is 404 g/mol. The lowest BCUT2D eigenvalue weighted by Gasteiger charge is -2.07. The largest absolute Gasteiger partial charge is 0.306 e. The molecule has 6 nitrogen and oxygen atoms in total. The van der Waals surface area contributed by atoms with Crippen LogP contribution in [0.5, 0.6) is 0 Å². The van der Waals surface area contributed by atoms with E-state index in [2.05, 4.69) is 29.5 Å². The zero-order valence-electron chi connectivity index (χ0n) is 16.6.